The first kappa shape index (κ1) is 43.0. The Morgan fingerprint density at radius 2 is 1.08 bits per heavy atom. The lowest BCUT2D eigenvalue weighted by Crippen LogP contribution is -2.68. The number of hydrogen-bond donors (Lipinski definition) is 8. The van der Waals surface area contributed by atoms with Gasteiger partial charge in [-0.1, -0.05) is 0 Å². The molecule has 0 radical (unpaired) electrons. The number of rotatable bonds is 14. The minimum atomic E-state index is -1.84. The minimum absolute atomic E-state index is 0.698. The lowest BCUT2D eigenvalue weighted by atomic mass is 9.95. The number of hydrogen-bond acceptors (Lipinski definition) is 21. The summed E-state index contributed by atoms with van der Waals surface area (Å²) >= 11 is 0. The summed E-state index contributed by atoms with van der Waals surface area (Å²) in [6, 6.07) is 0. The van der Waals surface area contributed by atoms with Crippen LogP contribution in [0.1, 0.15) is 13.8 Å². The van der Waals surface area contributed by atoms with Crippen molar-refractivity contribution < 1.29 is 107 Å². The van der Waals surface area contributed by atoms with Crippen LogP contribution in [0.15, 0.2) is 0 Å². The fourth-order valence-electron chi connectivity index (χ4n) is 6.79. The summed E-state index contributed by atoms with van der Waals surface area (Å²) in [5.41, 5.74) is 0. The number of methoxy groups -OCH3 is 4. The van der Waals surface area contributed by atoms with E-state index in [1.54, 1.807) is 0 Å². The highest BCUT2D eigenvalue weighted by molar-refractivity contribution is 5.73. The van der Waals surface area contributed by atoms with E-state index in [4.69, 9.17) is 56.8 Å². The van der Waals surface area contributed by atoms with Gasteiger partial charge in [0, 0.05) is 35.4 Å². The van der Waals surface area contributed by atoms with Crippen LogP contribution in [-0.4, -0.2) is 217 Å². The molecule has 20 atom stereocenters. The average molecular weight is 763 g/mol. The van der Waals surface area contributed by atoms with E-state index in [-0.39, 0.29) is 0 Å². The molecule has 302 valence electrons. The molecular formula is C30H50O22. The molecule has 0 aromatic rings. The molecule has 4 aliphatic rings. The molecule has 8 N–H and O–H groups in total. The van der Waals surface area contributed by atoms with E-state index in [2.05, 4.69) is 0 Å². The van der Waals surface area contributed by atoms with Crippen LogP contribution >= 0.6 is 0 Å². The van der Waals surface area contributed by atoms with E-state index in [1.165, 1.54) is 35.4 Å². The quantitative estimate of drug-likeness (QED) is 0.0766. The van der Waals surface area contributed by atoms with Gasteiger partial charge in [-0.05, 0) is 6.92 Å². The van der Waals surface area contributed by atoms with Gasteiger partial charge in [-0.3, -0.25) is 4.79 Å². The van der Waals surface area contributed by atoms with Gasteiger partial charge in [0.05, 0.1) is 19.3 Å². The summed E-state index contributed by atoms with van der Waals surface area (Å²) in [7, 11) is 5.02. The number of esters is 1. The van der Waals surface area contributed by atoms with E-state index >= 15 is 0 Å². The van der Waals surface area contributed by atoms with E-state index < -0.39 is 148 Å². The smallest absolute Gasteiger partial charge is 0.335 e. The number of carboxylic acid groups (broad SMARTS) is 1. The van der Waals surface area contributed by atoms with Gasteiger partial charge in [-0.15, -0.1) is 0 Å². The maximum atomic E-state index is 12.3. The first-order valence-corrected chi connectivity index (χ1v) is 16.4. The van der Waals surface area contributed by atoms with Gasteiger partial charge >= 0.3 is 11.9 Å². The molecular weight excluding hydrogens is 712 g/mol. The van der Waals surface area contributed by atoms with E-state index in [0.717, 1.165) is 6.92 Å². The lowest BCUT2D eigenvalue weighted by molar-refractivity contribution is -0.387. The highest BCUT2D eigenvalue weighted by Crippen LogP contribution is 2.36. The predicted octanol–water partition coefficient (Wildman–Crippen LogP) is -5.44. The zero-order valence-corrected chi connectivity index (χ0v) is 29.3. The summed E-state index contributed by atoms with van der Waals surface area (Å²) in [6.45, 7) is 1.08. The van der Waals surface area contributed by atoms with Gasteiger partial charge in [-0.2, -0.15) is 0 Å². The molecule has 0 spiro atoms. The van der Waals surface area contributed by atoms with Gasteiger partial charge in [0.1, 0.15) is 79.4 Å². The highest BCUT2D eigenvalue weighted by atomic mass is 16.8. The molecule has 0 bridgehead atoms. The molecule has 0 amide bonds. The third-order valence-corrected chi connectivity index (χ3v) is 9.39. The third-order valence-electron chi connectivity index (χ3n) is 9.39. The number of carbonyl (C=O) groups is 2. The normalized spacial score (nSPS) is 47.2. The second-order valence-corrected chi connectivity index (χ2v) is 12.6. The number of carbonyl (C=O) groups excluding carboxylic acids is 1. The molecule has 52 heavy (non-hydrogen) atoms. The summed E-state index contributed by atoms with van der Waals surface area (Å²) in [6.07, 6.45) is -29.4. The molecule has 0 aromatic carbocycles. The van der Waals surface area contributed by atoms with E-state index in [9.17, 15) is 50.4 Å². The van der Waals surface area contributed by atoms with Crippen molar-refractivity contribution in [1.29, 1.82) is 0 Å². The van der Waals surface area contributed by atoms with Crippen LogP contribution in [0.3, 0.4) is 0 Å². The molecule has 0 aromatic heterocycles. The molecule has 22 heteroatoms. The van der Waals surface area contributed by atoms with Crippen LogP contribution in [0.2, 0.25) is 0 Å². The van der Waals surface area contributed by atoms with Crippen LogP contribution < -0.4 is 0 Å². The first-order valence-electron chi connectivity index (χ1n) is 16.4. The molecule has 4 fully saturated rings. The monoisotopic (exact) mass is 762 g/mol. The second kappa shape index (κ2) is 18.7. The van der Waals surface area contributed by atoms with Crippen molar-refractivity contribution in [3.05, 3.63) is 0 Å². The largest absolute Gasteiger partial charge is 0.479 e. The Balaban J connectivity index is 1.56. The Hall–Kier alpha value is -1.78. The van der Waals surface area contributed by atoms with Crippen molar-refractivity contribution >= 4 is 11.9 Å². The van der Waals surface area contributed by atoms with Crippen molar-refractivity contribution in [3.63, 3.8) is 0 Å². The molecule has 4 saturated heterocycles. The molecule has 4 heterocycles. The number of carboxylic acids is 1. The first-order chi connectivity index (χ1) is 24.7. The van der Waals surface area contributed by atoms with E-state index in [0.29, 0.717) is 0 Å². The van der Waals surface area contributed by atoms with Crippen molar-refractivity contribution in [3.8, 4) is 0 Å². The topological polar surface area (TPSA) is 307 Å². The molecule has 4 rings (SSSR count). The van der Waals surface area contributed by atoms with Crippen molar-refractivity contribution in [2.75, 3.05) is 41.7 Å². The summed E-state index contributed by atoms with van der Waals surface area (Å²) in [4.78, 5) is 24.1. The maximum absolute atomic E-state index is 12.3. The Morgan fingerprint density at radius 1 is 0.558 bits per heavy atom. The van der Waals surface area contributed by atoms with Crippen LogP contribution in [0.5, 0.6) is 0 Å². The van der Waals surface area contributed by atoms with Crippen LogP contribution in [0, 0.1) is 0 Å². The highest BCUT2D eigenvalue weighted by Gasteiger charge is 2.57. The summed E-state index contributed by atoms with van der Waals surface area (Å²) in [5, 5.41) is 82.5. The number of aliphatic hydroxyl groups is 7. The molecule has 22 nitrogen and oxygen atoms in total. The Morgan fingerprint density at radius 3 is 1.62 bits per heavy atom. The molecule has 0 aliphatic carbocycles. The number of ether oxygens (including phenoxy) is 12. The Labute approximate surface area is 297 Å². The Bertz CT molecular complexity index is 1150. The Kier molecular flexibility index (Phi) is 15.5. The van der Waals surface area contributed by atoms with Crippen molar-refractivity contribution in [2.24, 2.45) is 0 Å². The minimum Gasteiger partial charge on any atom is -0.479 e. The second-order valence-electron chi connectivity index (χ2n) is 12.6. The number of aliphatic carboxylic acids is 1. The zero-order valence-electron chi connectivity index (χ0n) is 29.3. The maximum Gasteiger partial charge on any atom is 0.335 e. The summed E-state index contributed by atoms with van der Waals surface area (Å²) < 4.78 is 68.0. The van der Waals surface area contributed by atoms with Crippen LogP contribution in [0.25, 0.3) is 0 Å². The fourth-order valence-corrected chi connectivity index (χ4v) is 6.79. The van der Waals surface area contributed by atoms with Gasteiger partial charge in [0.2, 0.25) is 0 Å². The predicted molar refractivity (Wildman–Crippen MR) is 162 cm³/mol. The van der Waals surface area contributed by atoms with Crippen LogP contribution in [0.4, 0.5) is 0 Å². The third kappa shape index (κ3) is 8.85. The standard InChI is InChI=1S/C30H50O22/c1-9-17(23(42-4)25(44-6)29(45-9)50-18-11(7-31)47-27(40)14(35)13(18)34)49-28-16(37)21(46-10(2)33)19(12(8-32)48-28)51-30-24(43-5)20(41-3)15(36)22(52-30)26(38)39/h9,11-25,27-32,34-37,40H,7-8H2,1-6H3,(H,38,39)/t9-,11?,12-,13+,14?,15-,16?,17+,18+,19+,20-,21?,22?,23?,24?,25?,27+,28+,29-,30+/m0/s1. The zero-order chi connectivity index (χ0) is 38.6. The average Bonchev–Trinajstić information content (AvgIpc) is 3.11. The SMILES string of the molecule is COC1C(OC)[C@H](O[C@H]2O[C@@H](CO)[C@@H](O[C@@H]3OC(C(=O)O)[C@@H](O)[C@H](OC)C3OC)C(OC(C)=O)C2O)[C@H](C)O[C@H]1O[C@@H]1C(CO)O[C@@H](O)C(O)[C@H]1O. The molecule has 0 saturated carbocycles. The summed E-state index contributed by atoms with van der Waals surface area (Å²) in [5.74, 6) is -2.43. The molecule has 4 aliphatic heterocycles. The lowest BCUT2D eigenvalue weighted by Gasteiger charge is -2.50. The van der Waals surface area contributed by atoms with Crippen LogP contribution in [-0.2, 0) is 66.4 Å². The van der Waals surface area contributed by atoms with Gasteiger partial charge in [0.25, 0.3) is 0 Å². The van der Waals surface area contributed by atoms with Gasteiger partial charge in [-0.25, -0.2) is 4.79 Å². The number of aliphatic hydroxyl groups excluding tert-OH is 7. The van der Waals surface area contributed by atoms with Crippen molar-refractivity contribution in [2.45, 2.75) is 137 Å². The van der Waals surface area contributed by atoms with Gasteiger partial charge in [0.15, 0.2) is 37.4 Å². The molecule has 8 unspecified atom stereocenters. The van der Waals surface area contributed by atoms with E-state index in [1.807, 2.05) is 0 Å². The fraction of sp³-hybridized carbons (Fsp3) is 0.933. The van der Waals surface area contributed by atoms with Gasteiger partial charge < -0.3 is 97.7 Å². The van der Waals surface area contributed by atoms with Crippen molar-refractivity contribution in [1.82, 2.24) is 0 Å².